The van der Waals surface area contributed by atoms with E-state index in [-0.39, 0.29) is 24.8 Å². The molecule has 1 atom stereocenters. The highest BCUT2D eigenvalue weighted by Gasteiger charge is 2.13. The molecule has 5 heteroatoms. The molecule has 0 spiro atoms. The summed E-state index contributed by atoms with van der Waals surface area (Å²) >= 11 is 0. The summed E-state index contributed by atoms with van der Waals surface area (Å²) < 4.78 is 4.52. The van der Waals surface area contributed by atoms with Gasteiger partial charge < -0.3 is 14.9 Å². The number of carbonyl (C=O) groups excluding carboxylic acids is 1. The number of rotatable bonds is 6. The number of hydrogen-bond donors (Lipinski definition) is 2. The molecular formula is C9H14O5. The maximum absolute atomic E-state index is 11.1. The van der Waals surface area contributed by atoms with Crippen molar-refractivity contribution < 1.29 is 24.5 Å². The van der Waals surface area contributed by atoms with Crippen molar-refractivity contribution in [1.82, 2.24) is 0 Å². The molecule has 0 aromatic heterocycles. The molecule has 14 heavy (non-hydrogen) atoms. The molecule has 0 saturated carbocycles. The second-order valence-electron chi connectivity index (χ2n) is 2.77. The molecular weight excluding hydrogens is 188 g/mol. The third-order valence-corrected chi connectivity index (χ3v) is 1.52. The van der Waals surface area contributed by atoms with Gasteiger partial charge >= 0.3 is 11.9 Å². The van der Waals surface area contributed by atoms with Crippen LogP contribution in [0, 0.1) is 0 Å². The fourth-order valence-corrected chi connectivity index (χ4v) is 0.650. The summed E-state index contributed by atoms with van der Waals surface area (Å²) in [5.74, 6) is -1.75. The molecule has 0 radical (unpaired) electrons. The molecule has 0 heterocycles. The Labute approximate surface area is 82.0 Å². The molecule has 0 aromatic carbocycles. The van der Waals surface area contributed by atoms with Crippen molar-refractivity contribution in [1.29, 1.82) is 0 Å². The van der Waals surface area contributed by atoms with Crippen molar-refractivity contribution in [2.45, 2.75) is 32.5 Å². The molecule has 0 aliphatic heterocycles. The van der Waals surface area contributed by atoms with Crippen LogP contribution in [0.4, 0.5) is 0 Å². The highest BCUT2D eigenvalue weighted by Crippen LogP contribution is 2.06. The van der Waals surface area contributed by atoms with Crippen molar-refractivity contribution >= 4 is 11.9 Å². The van der Waals surface area contributed by atoms with E-state index in [1.54, 1.807) is 6.92 Å². The number of esters is 1. The Bertz CT molecular complexity index is 233. The summed E-state index contributed by atoms with van der Waals surface area (Å²) in [5, 5.41) is 17.3. The fourth-order valence-electron chi connectivity index (χ4n) is 0.650. The first kappa shape index (κ1) is 12.6. The van der Waals surface area contributed by atoms with Crippen LogP contribution in [-0.2, 0) is 14.3 Å². The van der Waals surface area contributed by atoms with E-state index in [0.29, 0.717) is 0 Å². The zero-order chi connectivity index (χ0) is 11.1. The van der Waals surface area contributed by atoms with Gasteiger partial charge in [-0.2, -0.15) is 0 Å². The lowest BCUT2D eigenvalue weighted by Gasteiger charge is -2.10. The molecule has 5 nitrogen and oxygen atoms in total. The quantitative estimate of drug-likeness (QED) is 0.376. The van der Waals surface area contributed by atoms with Crippen molar-refractivity contribution in [3.05, 3.63) is 12.2 Å². The molecule has 0 saturated heterocycles. The second-order valence-corrected chi connectivity index (χ2v) is 2.77. The van der Waals surface area contributed by atoms with E-state index in [4.69, 9.17) is 10.2 Å². The number of aliphatic hydroxyl groups excluding tert-OH is 1. The lowest BCUT2D eigenvalue weighted by atomic mass is 10.2. The number of carboxylic acids is 1. The maximum atomic E-state index is 11.1. The van der Waals surface area contributed by atoms with E-state index in [2.05, 4.69) is 11.3 Å². The minimum absolute atomic E-state index is 0.0323. The first-order valence-corrected chi connectivity index (χ1v) is 4.26. The van der Waals surface area contributed by atoms with Crippen LogP contribution >= 0.6 is 0 Å². The van der Waals surface area contributed by atoms with E-state index < -0.39 is 18.2 Å². The summed E-state index contributed by atoms with van der Waals surface area (Å²) in [7, 11) is 0. The maximum Gasteiger partial charge on any atom is 0.335 e. The summed E-state index contributed by atoms with van der Waals surface area (Å²) in [6, 6.07) is 0. The SMILES string of the molecule is C=C(CCC(=O)O)C(=O)OC(O)CC. The second kappa shape index (κ2) is 6.15. The molecule has 0 aliphatic carbocycles. The predicted octanol–water partition coefficient (Wildman–Crippen LogP) is 0.679. The van der Waals surface area contributed by atoms with Crippen molar-refractivity contribution in [3.8, 4) is 0 Å². The minimum atomic E-state index is -1.15. The van der Waals surface area contributed by atoms with Crippen LogP contribution in [0.5, 0.6) is 0 Å². The van der Waals surface area contributed by atoms with Gasteiger partial charge in [-0.05, 0) is 6.42 Å². The average molecular weight is 202 g/mol. The van der Waals surface area contributed by atoms with Gasteiger partial charge in [-0.25, -0.2) is 4.79 Å². The van der Waals surface area contributed by atoms with Gasteiger partial charge in [-0.3, -0.25) is 4.79 Å². The highest BCUT2D eigenvalue weighted by atomic mass is 16.6. The lowest BCUT2D eigenvalue weighted by molar-refractivity contribution is -0.163. The molecule has 0 fully saturated rings. The van der Waals surface area contributed by atoms with Crippen molar-refractivity contribution in [2.75, 3.05) is 0 Å². The summed E-state index contributed by atoms with van der Waals surface area (Å²) in [6.45, 7) is 5.02. The first-order chi connectivity index (χ1) is 6.47. The van der Waals surface area contributed by atoms with E-state index in [1.165, 1.54) is 0 Å². The topological polar surface area (TPSA) is 83.8 Å². The number of ether oxygens (including phenoxy) is 1. The van der Waals surface area contributed by atoms with Crippen LogP contribution in [0.3, 0.4) is 0 Å². The normalized spacial score (nSPS) is 11.9. The Morgan fingerprint density at radius 1 is 1.43 bits per heavy atom. The monoisotopic (exact) mass is 202 g/mol. The molecule has 80 valence electrons. The third-order valence-electron chi connectivity index (χ3n) is 1.52. The number of carboxylic acid groups (broad SMARTS) is 1. The lowest BCUT2D eigenvalue weighted by Crippen LogP contribution is -2.18. The van der Waals surface area contributed by atoms with Gasteiger partial charge in [0.05, 0.1) is 0 Å². The zero-order valence-electron chi connectivity index (χ0n) is 8.02. The van der Waals surface area contributed by atoms with Crippen LogP contribution in [0.15, 0.2) is 12.2 Å². The van der Waals surface area contributed by atoms with Crippen LogP contribution < -0.4 is 0 Å². The van der Waals surface area contributed by atoms with E-state index in [1.807, 2.05) is 0 Å². The Kier molecular flexibility index (Phi) is 5.55. The Balaban J connectivity index is 3.88. The smallest absolute Gasteiger partial charge is 0.335 e. The van der Waals surface area contributed by atoms with Gasteiger partial charge in [0, 0.05) is 18.4 Å². The molecule has 1 unspecified atom stereocenters. The van der Waals surface area contributed by atoms with Gasteiger partial charge in [-0.15, -0.1) is 0 Å². The summed E-state index contributed by atoms with van der Waals surface area (Å²) in [4.78, 5) is 21.2. The van der Waals surface area contributed by atoms with Gasteiger partial charge in [0.25, 0.3) is 0 Å². The Hall–Kier alpha value is -1.36. The summed E-state index contributed by atoms with van der Waals surface area (Å²) in [6.07, 6.45) is -0.998. The molecule has 0 rings (SSSR count). The largest absolute Gasteiger partial charge is 0.481 e. The molecule has 0 aliphatic rings. The number of aliphatic carboxylic acids is 1. The van der Waals surface area contributed by atoms with E-state index in [9.17, 15) is 9.59 Å². The van der Waals surface area contributed by atoms with Crippen LogP contribution in [0.2, 0.25) is 0 Å². The third kappa shape index (κ3) is 5.31. The van der Waals surface area contributed by atoms with Gasteiger partial charge in [-0.1, -0.05) is 13.5 Å². The number of hydrogen-bond acceptors (Lipinski definition) is 4. The molecule has 0 aromatic rings. The highest BCUT2D eigenvalue weighted by molar-refractivity contribution is 5.88. The predicted molar refractivity (Wildman–Crippen MR) is 48.4 cm³/mol. The average Bonchev–Trinajstić information content (AvgIpc) is 2.13. The van der Waals surface area contributed by atoms with Gasteiger partial charge in [0.1, 0.15) is 0 Å². The number of carbonyl (C=O) groups is 2. The van der Waals surface area contributed by atoms with E-state index in [0.717, 1.165) is 0 Å². The van der Waals surface area contributed by atoms with Gasteiger partial charge in [0.15, 0.2) is 0 Å². The zero-order valence-corrected chi connectivity index (χ0v) is 8.02. The van der Waals surface area contributed by atoms with Crippen LogP contribution in [-0.4, -0.2) is 28.4 Å². The van der Waals surface area contributed by atoms with Gasteiger partial charge in [0.2, 0.25) is 6.29 Å². The van der Waals surface area contributed by atoms with Crippen molar-refractivity contribution in [3.63, 3.8) is 0 Å². The van der Waals surface area contributed by atoms with Crippen molar-refractivity contribution in [2.24, 2.45) is 0 Å². The fraction of sp³-hybridized carbons (Fsp3) is 0.556. The first-order valence-electron chi connectivity index (χ1n) is 4.26. The molecule has 0 bridgehead atoms. The van der Waals surface area contributed by atoms with Crippen LogP contribution in [0.25, 0.3) is 0 Å². The minimum Gasteiger partial charge on any atom is -0.481 e. The summed E-state index contributed by atoms with van der Waals surface area (Å²) in [5.41, 5.74) is 0.0555. The molecule has 2 N–H and O–H groups in total. The molecule has 0 amide bonds. The Morgan fingerprint density at radius 3 is 2.43 bits per heavy atom. The number of aliphatic hydroxyl groups is 1. The Morgan fingerprint density at radius 2 is 2.00 bits per heavy atom. The van der Waals surface area contributed by atoms with E-state index >= 15 is 0 Å². The van der Waals surface area contributed by atoms with Crippen LogP contribution in [0.1, 0.15) is 26.2 Å². The standard InChI is InChI=1S/C9H14O5/c1-3-8(12)14-9(13)6(2)4-5-7(10)11/h8,12H,2-5H2,1H3,(H,10,11).